The van der Waals surface area contributed by atoms with Gasteiger partial charge in [-0.3, -0.25) is 9.09 Å². The Morgan fingerprint density at radius 1 is 1.16 bits per heavy atom. The zero-order valence-electron chi connectivity index (χ0n) is 15.6. The van der Waals surface area contributed by atoms with Gasteiger partial charge < -0.3 is 35.2 Å². The Bertz CT molecular complexity index is 1230. The Hall–Kier alpha value is -1.39. The lowest BCUT2D eigenvalue weighted by molar-refractivity contribution is -0.112. The number of alkyl halides is 1. The van der Waals surface area contributed by atoms with E-state index in [-0.39, 0.29) is 17.0 Å². The second-order valence-corrected chi connectivity index (χ2v) is 11.4. The minimum absolute atomic E-state index is 0.00159. The number of aliphatic hydroxyl groups is 1. The zero-order chi connectivity index (χ0) is 23.9. The number of halogens is 1. The van der Waals surface area contributed by atoms with Crippen LogP contribution in [-0.2, 0) is 31.6 Å². The Kier molecular flexibility index (Phi) is 5.24. The van der Waals surface area contributed by atoms with Gasteiger partial charge in [0.05, 0.1) is 6.33 Å². The number of phosphoric ester groups is 1. The van der Waals surface area contributed by atoms with Crippen molar-refractivity contribution in [2.45, 2.75) is 36.6 Å². The first-order valence-corrected chi connectivity index (χ1v) is 12.8. The first-order chi connectivity index (χ1) is 14.5. The highest BCUT2D eigenvalue weighted by Crippen LogP contribution is 2.71. The van der Waals surface area contributed by atoms with E-state index < -0.39 is 53.2 Å². The molecule has 1 saturated heterocycles. The molecule has 32 heavy (non-hydrogen) atoms. The molecule has 0 radical (unpaired) electrons. The molecule has 0 aromatic carbocycles. The predicted octanol–water partition coefficient (Wildman–Crippen LogP) is -0.509. The molecule has 7 atom stereocenters. The molecule has 178 valence electrons. The third kappa shape index (κ3) is 3.81. The van der Waals surface area contributed by atoms with Crippen molar-refractivity contribution in [3.8, 4) is 0 Å². The standard InChI is InChI=1S/C11H15FN5O12P3/c1-10(12)9(17-3-16-4-7(13)14-2-15-8(4)17)26-5-6(11(5,10)18)27-31(22,23)29-32(24,25)28-30(19,20)21/h2-3,5-6,9,18H,1H3,(H,22,23)(H,24,25)(H2,13,14,15)(H2,19,20,21)/t5-,6?,9-,10+,11+/m1/s1. The topological polar surface area (TPSA) is 259 Å². The van der Waals surface area contributed by atoms with Crippen LogP contribution in [0, 0.1) is 0 Å². The van der Waals surface area contributed by atoms with Crippen LogP contribution in [0.4, 0.5) is 10.2 Å². The summed E-state index contributed by atoms with van der Waals surface area (Å²) in [6.07, 6.45) is -2.74. The summed E-state index contributed by atoms with van der Waals surface area (Å²) in [5, 5.41) is 10.7. The highest BCUT2D eigenvalue weighted by Gasteiger charge is 2.85. The van der Waals surface area contributed by atoms with Gasteiger partial charge in [-0.2, -0.15) is 8.62 Å². The van der Waals surface area contributed by atoms with Gasteiger partial charge >= 0.3 is 23.5 Å². The van der Waals surface area contributed by atoms with E-state index in [1.165, 1.54) is 0 Å². The van der Waals surface area contributed by atoms with Gasteiger partial charge in [0.2, 0.25) is 0 Å². The number of ether oxygens (including phenoxy) is 1. The van der Waals surface area contributed by atoms with Crippen LogP contribution in [0.25, 0.3) is 11.2 Å². The van der Waals surface area contributed by atoms with Gasteiger partial charge in [0.15, 0.2) is 29.0 Å². The van der Waals surface area contributed by atoms with E-state index >= 15 is 4.39 Å². The summed E-state index contributed by atoms with van der Waals surface area (Å²) in [4.78, 5) is 47.5. The summed E-state index contributed by atoms with van der Waals surface area (Å²) in [5.41, 5.74) is 0.648. The van der Waals surface area contributed by atoms with Crippen LogP contribution in [0.3, 0.4) is 0 Å². The number of hydrogen-bond donors (Lipinski definition) is 6. The number of nitrogens with two attached hydrogens (primary N) is 1. The fourth-order valence-corrected chi connectivity index (χ4v) is 6.67. The zero-order valence-corrected chi connectivity index (χ0v) is 18.2. The second kappa shape index (κ2) is 7.06. The monoisotopic (exact) mass is 521 g/mol. The van der Waals surface area contributed by atoms with Crippen LogP contribution in [0.1, 0.15) is 13.2 Å². The minimum atomic E-state index is -5.79. The number of anilines is 1. The fourth-order valence-electron chi connectivity index (χ4n) is 3.46. The number of hydrogen-bond acceptors (Lipinski definition) is 12. The Labute approximate surface area is 176 Å². The summed E-state index contributed by atoms with van der Waals surface area (Å²) in [6.45, 7) is 0.897. The normalized spacial score (nSPS) is 35.9. The average Bonchev–Trinajstić information content (AvgIpc) is 2.89. The molecule has 3 heterocycles. The molecule has 0 amide bonds. The van der Waals surface area contributed by atoms with E-state index in [1.54, 1.807) is 0 Å². The van der Waals surface area contributed by atoms with Gasteiger partial charge in [0.25, 0.3) is 0 Å². The fraction of sp³-hybridized carbons (Fsp3) is 0.545. The highest BCUT2D eigenvalue weighted by molar-refractivity contribution is 7.66. The first-order valence-electron chi connectivity index (χ1n) is 8.30. The van der Waals surface area contributed by atoms with E-state index in [9.17, 15) is 28.6 Å². The van der Waals surface area contributed by atoms with E-state index in [4.69, 9.17) is 20.3 Å². The van der Waals surface area contributed by atoms with Crippen LogP contribution >= 0.6 is 23.5 Å². The molecular weight excluding hydrogens is 506 g/mol. The molecule has 3 unspecified atom stereocenters. The maximum atomic E-state index is 15.7. The Morgan fingerprint density at radius 3 is 2.38 bits per heavy atom. The SMILES string of the molecule is C[C@]1(F)[C@H](n2cnc3c(N)ncnc32)O[C@@H]2C(OP(=O)(O)OP(=O)(O)OP(=O)(O)O)[C@@]21O. The molecule has 0 bridgehead atoms. The molecule has 2 aromatic heterocycles. The summed E-state index contributed by atoms with van der Waals surface area (Å²) >= 11 is 0. The third-order valence-corrected chi connectivity index (χ3v) is 8.68. The summed E-state index contributed by atoms with van der Waals surface area (Å²) in [7, 11) is -17.0. The van der Waals surface area contributed by atoms with Gasteiger partial charge in [-0.1, -0.05) is 0 Å². The number of fused-ring (bicyclic) bond motifs is 2. The van der Waals surface area contributed by atoms with Gasteiger partial charge in [-0.25, -0.2) is 33.0 Å². The van der Waals surface area contributed by atoms with Crippen molar-refractivity contribution in [1.29, 1.82) is 0 Å². The number of aromatic nitrogens is 4. The Morgan fingerprint density at radius 2 is 1.81 bits per heavy atom. The van der Waals surface area contributed by atoms with Crippen molar-refractivity contribution >= 4 is 40.4 Å². The van der Waals surface area contributed by atoms with Gasteiger partial charge in [-0.05, 0) is 6.92 Å². The minimum Gasteiger partial charge on any atom is -0.382 e. The van der Waals surface area contributed by atoms with Crippen molar-refractivity contribution in [2.24, 2.45) is 0 Å². The summed E-state index contributed by atoms with van der Waals surface area (Å²) in [6, 6.07) is 0. The molecule has 2 aromatic rings. The van der Waals surface area contributed by atoms with Crippen LogP contribution < -0.4 is 5.73 Å². The predicted molar refractivity (Wildman–Crippen MR) is 96.8 cm³/mol. The molecule has 0 spiro atoms. The molecule has 7 N–H and O–H groups in total. The van der Waals surface area contributed by atoms with Crippen molar-refractivity contribution in [3.05, 3.63) is 12.7 Å². The molecule has 21 heteroatoms. The molecule has 17 nitrogen and oxygen atoms in total. The lowest BCUT2D eigenvalue weighted by Crippen LogP contribution is -2.45. The molecular formula is C11H15FN5O12P3. The average molecular weight is 521 g/mol. The van der Waals surface area contributed by atoms with Crippen molar-refractivity contribution in [1.82, 2.24) is 19.5 Å². The smallest absolute Gasteiger partial charge is 0.382 e. The van der Waals surface area contributed by atoms with E-state index in [1.807, 2.05) is 0 Å². The van der Waals surface area contributed by atoms with Crippen molar-refractivity contribution in [2.75, 3.05) is 5.73 Å². The molecule has 1 aliphatic heterocycles. The van der Waals surface area contributed by atoms with Crippen molar-refractivity contribution in [3.63, 3.8) is 0 Å². The quantitative estimate of drug-likeness (QED) is 0.251. The maximum absolute atomic E-state index is 15.7. The van der Waals surface area contributed by atoms with E-state index in [0.717, 1.165) is 24.1 Å². The van der Waals surface area contributed by atoms with E-state index in [0.29, 0.717) is 0 Å². The van der Waals surface area contributed by atoms with Gasteiger partial charge in [-0.15, -0.1) is 0 Å². The Balaban J connectivity index is 1.53. The number of nitrogens with zero attached hydrogens (tertiary/aromatic N) is 4. The van der Waals surface area contributed by atoms with Crippen LogP contribution in [0.5, 0.6) is 0 Å². The van der Waals surface area contributed by atoms with Crippen molar-refractivity contribution < 1.29 is 60.6 Å². The highest BCUT2D eigenvalue weighted by atomic mass is 31.3. The van der Waals surface area contributed by atoms with E-state index in [2.05, 4.69) is 28.1 Å². The van der Waals surface area contributed by atoms with Crippen LogP contribution in [0.2, 0.25) is 0 Å². The number of phosphoric acid groups is 3. The molecule has 4 rings (SSSR count). The van der Waals surface area contributed by atoms with Gasteiger partial charge in [0.1, 0.15) is 24.1 Å². The van der Waals surface area contributed by atoms with Crippen LogP contribution in [-0.4, -0.2) is 67.7 Å². The maximum Gasteiger partial charge on any atom is 0.490 e. The van der Waals surface area contributed by atoms with Crippen LogP contribution in [0.15, 0.2) is 12.7 Å². The first kappa shape index (κ1) is 23.8. The third-order valence-electron chi connectivity index (χ3n) is 4.86. The van der Waals surface area contributed by atoms with Gasteiger partial charge in [0, 0.05) is 0 Å². The lowest BCUT2D eigenvalue weighted by atomic mass is 9.97. The number of rotatable bonds is 7. The lowest BCUT2D eigenvalue weighted by Gasteiger charge is -2.30. The molecule has 2 aliphatic rings. The summed E-state index contributed by atoms with van der Waals surface area (Å²) < 4.78 is 67.9. The number of imidazole rings is 1. The molecule has 2 fully saturated rings. The summed E-state index contributed by atoms with van der Waals surface area (Å²) in [5.74, 6) is 0.00159. The molecule has 1 aliphatic carbocycles. The molecule has 1 saturated carbocycles. The largest absolute Gasteiger partial charge is 0.490 e. The number of nitrogen functional groups attached to an aromatic ring is 1. The second-order valence-electron chi connectivity index (χ2n) is 7.01.